The van der Waals surface area contributed by atoms with Crippen LogP contribution in [0.1, 0.15) is 156 Å². The molecule has 0 radical (unpaired) electrons. The van der Waals surface area contributed by atoms with E-state index in [0.717, 1.165) is 85.8 Å². The van der Waals surface area contributed by atoms with Gasteiger partial charge in [-0.15, -0.1) is 0 Å². The highest BCUT2D eigenvalue weighted by Crippen LogP contribution is 2.58. The van der Waals surface area contributed by atoms with Crippen molar-refractivity contribution in [3.8, 4) is 0 Å². The average molecular weight is 1820 g/mol. The largest absolute Gasteiger partial charge is 0.790 e. The summed E-state index contributed by atoms with van der Waals surface area (Å²) in [5, 5.41) is 53.3. The smallest absolute Gasteiger partial charge is 0.274 e. The van der Waals surface area contributed by atoms with Crippen LogP contribution in [0.25, 0.3) is 22.3 Å². The Bertz CT molecular complexity index is 4400. The molecule has 0 aliphatic carbocycles. The third-order valence-electron chi connectivity index (χ3n) is 19.6. The highest BCUT2D eigenvalue weighted by Gasteiger charge is 2.50. The number of Topliss-reactive ketones (excluding diaryl/α,β-unsaturated/α-hetero) is 2. The number of unbranched alkanes of at least 4 members (excludes halogenated alkanes) is 4. The highest BCUT2D eigenvalue weighted by molar-refractivity contribution is 7.60. The number of aliphatic hydroxyl groups excluding tert-OH is 4. The highest BCUT2D eigenvalue weighted by atomic mass is 31.3. The Labute approximate surface area is 687 Å². The van der Waals surface area contributed by atoms with E-state index in [1.165, 1.54) is 38.8 Å². The van der Waals surface area contributed by atoms with E-state index in [9.17, 15) is 116 Å². The van der Waals surface area contributed by atoms with E-state index in [0.29, 0.717) is 12.8 Å². The van der Waals surface area contributed by atoms with Crippen molar-refractivity contribution in [1.82, 2.24) is 60.3 Å². The number of aliphatic hydroxyl groups is 4. The molecule has 2 aliphatic heterocycles. The molecular formula is C66H98N14O34P6-8. The number of ketones is 2. The van der Waals surface area contributed by atoms with Crippen LogP contribution in [0.3, 0.4) is 0 Å². The standard InChI is InChI=1S/C66H106N14O34P6/c1-63(2,43(81)21-27-69-45(83)23-29-71-59(89)53(87)65(5,6)33-107-119(101,102)113-117(97,98)105-31-41-51(111-115(91,92)93)49(85)61(109-41)79-37-77-47-55(67)73-35-75-57(47)79)25-15-9-11-17-39-19-13-14-20-40(39)18-12-10-16-26-64(3,4)44(82)22-28-70-46(84)24-30-72-60(90)54(88)66(7,8)34-108-120(103,104)114-118(99,100)106-32-42-52(112-116(94,95)96)50(86)62(110-42)80-38-78-48-56(68)74-36-76-58(48)80/h13-14,19-20,35-38,41-42,49-54,61-62,85-88H,9-12,15-18,21-34H2,1-8H3,(H,69,83)(H,70,84)(H,71,89)(H,72,90)(H,97,98)(H,99,100)(H,101,102)(H,103,104)(H2,67,73,75)(H2,68,74,76)(H2,91,92,93)(H2,94,95,96)/p-8. The van der Waals surface area contributed by atoms with Crippen LogP contribution < -0.4 is 71.9 Å². The van der Waals surface area contributed by atoms with Gasteiger partial charge in [0, 0.05) is 73.5 Å². The molecule has 4 amide bonds. The van der Waals surface area contributed by atoms with Gasteiger partial charge in [-0.3, -0.25) is 56.2 Å². The van der Waals surface area contributed by atoms with Crippen molar-refractivity contribution in [3.05, 3.63) is 60.7 Å². The number of nitrogens with zero attached hydrogens (tertiary/aromatic N) is 8. The number of phosphoric acid groups is 6. The van der Waals surface area contributed by atoms with Gasteiger partial charge >= 0.3 is 0 Å². The predicted molar refractivity (Wildman–Crippen MR) is 399 cm³/mol. The van der Waals surface area contributed by atoms with E-state index in [-0.39, 0.29) is 97.4 Å². The summed E-state index contributed by atoms with van der Waals surface area (Å²) < 4.78 is 123. The molecule has 0 saturated carbocycles. The minimum Gasteiger partial charge on any atom is -0.790 e. The summed E-state index contributed by atoms with van der Waals surface area (Å²) >= 11 is 0. The summed E-state index contributed by atoms with van der Waals surface area (Å²) in [5.41, 5.74) is 8.96. The van der Waals surface area contributed by atoms with Gasteiger partial charge in [0.2, 0.25) is 23.6 Å². The van der Waals surface area contributed by atoms with Crippen molar-refractivity contribution < 1.29 is 161 Å². The van der Waals surface area contributed by atoms with Crippen molar-refractivity contribution in [2.75, 3.05) is 64.1 Å². The van der Waals surface area contributed by atoms with E-state index in [4.69, 9.17) is 20.9 Å². The molecule has 2 saturated heterocycles. The zero-order valence-electron chi connectivity index (χ0n) is 66.4. The molecule has 7 rings (SSSR count). The number of hydrogen-bond donors (Lipinski definition) is 10. The first kappa shape index (κ1) is 101. The number of anilines is 2. The van der Waals surface area contributed by atoms with Crippen LogP contribution in [0.5, 0.6) is 0 Å². The maximum atomic E-state index is 13.3. The van der Waals surface area contributed by atoms with Crippen molar-refractivity contribution in [1.29, 1.82) is 0 Å². The van der Waals surface area contributed by atoms with E-state index < -0.39 is 180 Å². The number of fused-ring (bicyclic) bond motifs is 2. The molecule has 674 valence electrons. The predicted octanol–water partition coefficient (Wildman–Crippen LogP) is -2.36. The fourth-order valence-electron chi connectivity index (χ4n) is 12.6. The van der Waals surface area contributed by atoms with Crippen molar-refractivity contribution in [3.63, 3.8) is 0 Å². The van der Waals surface area contributed by atoms with Gasteiger partial charge in [-0.25, -0.2) is 38.5 Å². The van der Waals surface area contributed by atoms with Gasteiger partial charge in [0.15, 0.2) is 35.4 Å². The molecule has 14 atom stereocenters. The number of aromatic nitrogens is 8. The monoisotopic (exact) mass is 1820 g/mol. The second-order valence-electron chi connectivity index (χ2n) is 31.0. The second-order valence-corrected chi connectivity index (χ2v) is 39.1. The summed E-state index contributed by atoms with van der Waals surface area (Å²) in [4.78, 5) is 198. The number of benzene rings is 1. The molecule has 4 aromatic heterocycles. The van der Waals surface area contributed by atoms with Crippen molar-refractivity contribution >= 4 is 116 Å². The van der Waals surface area contributed by atoms with Gasteiger partial charge in [0.05, 0.1) is 54.7 Å². The maximum absolute atomic E-state index is 13.3. The topological polar surface area (TPSA) is 750 Å². The summed E-state index contributed by atoms with van der Waals surface area (Å²) in [6.45, 7) is 6.67. The fraction of sp³-hybridized carbons (Fsp3) is 0.667. The van der Waals surface area contributed by atoms with Gasteiger partial charge in [-0.1, -0.05) is 105 Å². The number of amides is 4. The minimum absolute atomic E-state index is 0.00188. The van der Waals surface area contributed by atoms with Crippen LogP contribution in [-0.4, -0.2) is 196 Å². The Hall–Kier alpha value is -6.36. The fourth-order valence-corrected chi connectivity index (χ4v) is 18.1. The van der Waals surface area contributed by atoms with Crippen molar-refractivity contribution in [2.24, 2.45) is 21.7 Å². The Morgan fingerprint density at radius 2 is 0.833 bits per heavy atom. The number of aryl methyl sites for hydroxylation is 2. The van der Waals surface area contributed by atoms with Gasteiger partial charge in [-0.2, -0.15) is 0 Å². The van der Waals surface area contributed by atoms with Crippen LogP contribution in [0.15, 0.2) is 49.6 Å². The van der Waals surface area contributed by atoms with Crippen LogP contribution in [0.2, 0.25) is 0 Å². The van der Waals surface area contributed by atoms with Gasteiger partial charge in [0.25, 0.3) is 31.3 Å². The van der Waals surface area contributed by atoms with Crippen LogP contribution in [-0.2, 0) is 114 Å². The van der Waals surface area contributed by atoms with E-state index in [1.54, 1.807) is 0 Å². The molecule has 5 aromatic rings. The number of rotatable bonds is 52. The zero-order chi connectivity index (χ0) is 89.4. The number of nitrogen functional groups attached to an aromatic ring is 2. The van der Waals surface area contributed by atoms with Gasteiger partial charge in [-0.05, 0) is 49.7 Å². The normalized spacial score (nSPS) is 21.4. The third-order valence-corrected chi connectivity index (χ3v) is 25.6. The molecule has 54 heteroatoms. The summed E-state index contributed by atoms with van der Waals surface area (Å²) in [6.07, 6.45) is -8.14. The zero-order valence-corrected chi connectivity index (χ0v) is 71.8. The van der Waals surface area contributed by atoms with Crippen molar-refractivity contribution in [2.45, 2.75) is 207 Å². The van der Waals surface area contributed by atoms with Crippen LogP contribution in [0.4, 0.5) is 11.6 Å². The van der Waals surface area contributed by atoms with E-state index in [1.807, 2.05) is 39.8 Å². The van der Waals surface area contributed by atoms with E-state index in [2.05, 4.69) is 99.1 Å². The molecule has 48 nitrogen and oxygen atoms in total. The Kier molecular flexibility index (Phi) is 35.7. The molecule has 14 unspecified atom stereocenters. The first-order valence-corrected chi connectivity index (χ1v) is 46.2. The number of phosphoric ester groups is 6. The first-order chi connectivity index (χ1) is 55.6. The molecule has 0 spiro atoms. The number of carbonyl (C=O) groups excluding carboxylic acids is 6. The Morgan fingerprint density at radius 1 is 0.492 bits per heavy atom. The Balaban J connectivity index is 0.703. The van der Waals surface area contributed by atoms with Gasteiger partial charge < -0.3 is 138 Å². The van der Waals surface area contributed by atoms with E-state index >= 15 is 0 Å². The van der Waals surface area contributed by atoms with Gasteiger partial charge in [0.1, 0.15) is 84.1 Å². The third kappa shape index (κ3) is 30.2. The SMILES string of the molecule is CC(C)(CCCCCc1ccccc1CCCCCC(C)(C)C(=O)CCNC(=O)CCNC(=O)C(O)C(C)(C)COP(=O)([O-])OP(=O)([O-])OCC1OC(n2cnc3c(N)ncnc32)C(O)C1OP(=O)([O-])[O-])C(=O)CCNC(=O)CCNC(=O)C(O)C(C)(C)COP(=O)([O-])OP(=O)([O-])OCC1OC(n2cnc3c(N)ncnc32)C(O)C1OP(=O)([O-])[O-]. The van der Waals surface area contributed by atoms with Crippen LogP contribution >= 0.6 is 46.9 Å². The minimum atomic E-state index is -5.99. The number of hydrogen-bond acceptors (Lipinski definition) is 42. The Morgan fingerprint density at radius 3 is 1.18 bits per heavy atom. The number of imidazole rings is 2. The second kappa shape index (κ2) is 42.6. The molecule has 0 bridgehead atoms. The first-order valence-electron chi connectivity index (χ1n) is 37.4. The van der Waals surface area contributed by atoms with Crippen LogP contribution in [0, 0.1) is 21.7 Å². The molecule has 2 aliphatic rings. The number of ether oxygens (including phenoxy) is 2. The number of nitrogens with one attached hydrogen (secondary N) is 4. The number of carbonyl (C=O) groups is 6. The summed E-state index contributed by atoms with van der Waals surface area (Å²) in [5.74, 6) is -3.60. The lowest BCUT2D eigenvalue weighted by Gasteiger charge is -2.36. The summed E-state index contributed by atoms with van der Waals surface area (Å²) in [6, 6.07) is 8.13. The lowest BCUT2D eigenvalue weighted by Crippen LogP contribution is -2.46. The lowest BCUT2D eigenvalue weighted by atomic mass is 9.81. The quantitative estimate of drug-likeness (QED) is 0.0144. The summed E-state index contributed by atoms with van der Waals surface area (Å²) in [7, 11) is -35.6. The molecule has 12 N–H and O–H groups in total. The molecule has 6 heterocycles. The average Bonchev–Trinajstić information content (AvgIpc) is 1.61. The maximum Gasteiger partial charge on any atom is 0.274 e. The number of nitrogens with two attached hydrogens (primary N) is 2. The molecular weight excluding hydrogens is 1720 g/mol. The molecule has 2 fully saturated rings. The molecule has 1 aromatic carbocycles. The molecule has 120 heavy (non-hydrogen) atoms. The lowest BCUT2D eigenvalue weighted by molar-refractivity contribution is -0.348.